The standard InChI is InChI=1S/C14H23N3OSi2/c1-13(2,3)19-9-7-8(11(16)18)12(17-10(9)15)20-14(4,5)6/h7H,1-6H3,(H2,15,17)(H2,16,18). The Morgan fingerprint density at radius 3 is 2.00 bits per heavy atom. The summed E-state index contributed by atoms with van der Waals surface area (Å²) in [5, 5.41) is 1.81. The molecule has 0 aliphatic carbocycles. The molecule has 0 spiro atoms. The zero-order valence-corrected chi connectivity index (χ0v) is 15.1. The second-order valence-electron chi connectivity index (χ2n) is 6.93. The van der Waals surface area contributed by atoms with E-state index in [2.05, 4.69) is 46.5 Å². The van der Waals surface area contributed by atoms with Gasteiger partial charge in [0, 0.05) is 5.32 Å². The maximum absolute atomic E-state index is 11.7. The molecule has 1 aromatic heterocycles. The van der Waals surface area contributed by atoms with E-state index in [9.17, 15) is 4.79 Å². The normalized spacial score (nSPS) is 12.5. The lowest BCUT2D eigenvalue weighted by atomic mass is 10.2. The lowest BCUT2D eigenvalue weighted by molar-refractivity contribution is 0.100. The molecule has 0 saturated heterocycles. The van der Waals surface area contributed by atoms with E-state index in [0.29, 0.717) is 30.4 Å². The summed E-state index contributed by atoms with van der Waals surface area (Å²) in [4.78, 5) is 16.1. The predicted molar refractivity (Wildman–Crippen MR) is 87.4 cm³/mol. The second kappa shape index (κ2) is 5.69. The van der Waals surface area contributed by atoms with Gasteiger partial charge in [-0.05, 0) is 21.3 Å². The molecule has 1 rings (SSSR count). The van der Waals surface area contributed by atoms with Crippen molar-refractivity contribution in [3.05, 3.63) is 11.6 Å². The quantitative estimate of drug-likeness (QED) is 0.813. The molecule has 1 heterocycles. The first-order chi connectivity index (χ1) is 8.89. The van der Waals surface area contributed by atoms with Gasteiger partial charge in [0.25, 0.3) is 0 Å². The Hall–Kier alpha value is -1.15. The van der Waals surface area contributed by atoms with Crippen molar-refractivity contribution in [3.8, 4) is 0 Å². The predicted octanol–water partition coefficient (Wildman–Crippen LogP) is 0.859. The number of nitrogens with two attached hydrogens (primary N) is 2. The van der Waals surface area contributed by atoms with Gasteiger partial charge >= 0.3 is 0 Å². The van der Waals surface area contributed by atoms with Crippen LogP contribution in [0.4, 0.5) is 5.82 Å². The van der Waals surface area contributed by atoms with Crippen LogP contribution >= 0.6 is 0 Å². The third kappa shape index (κ3) is 5.09. The van der Waals surface area contributed by atoms with Gasteiger partial charge in [-0.25, -0.2) is 4.98 Å². The first-order valence-electron chi connectivity index (χ1n) is 6.56. The number of carbonyl (C=O) groups is 1. The van der Waals surface area contributed by atoms with Crippen molar-refractivity contribution in [2.75, 3.05) is 5.73 Å². The molecule has 4 nitrogen and oxygen atoms in total. The van der Waals surface area contributed by atoms with Crippen LogP contribution < -0.4 is 22.0 Å². The van der Waals surface area contributed by atoms with E-state index in [1.807, 2.05) is 6.07 Å². The van der Waals surface area contributed by atoms with Crippen molar-refractivity contribution >= 4 is 41.3 Å². The molecule has 0 aromatic carbocycles. The highest BCUT2D eigenvalue weighted by atomic mass is 28.2. The largest absolute Gasteiger partial charge is 0.384 e. The minimum absolute atomic E-state index is 0.0530. The molecule has 4 radical (unpaired) electrons. The monoisotopic (exact) mass is 305 g/mol. The first-order valence-corrected chi connectivity index (χ1v) is 8.56. The van der Waals surface area contributed by atoms with Gasteiger partial charge < -0.3 is 11.5 Å². The fourth-order valence-electron chi connectivity index (χ4n) is 1.67. The Morgan fingerprint density at radius 2 is 1.60 bits per heavy atom. The Kier molecular flexibility index (Phi) is 4.81. The van der Waals surface area contributed by atoms with Crippen molar-refractivity contribution in [2.24, 2.45) is 5.73 Å². The minimum atomic E-state index is -0.427. The molecule has 6 heteroatoms. The number of hydrogen-bond acceptors (Lipinski definition) is 3. The number of nitrogen functional groups attached to an aromatic ring is 1. The third-order valence-corrected chi connectivity index (χ3v) is 5.11. The highest BCUT2D eigenvalue weighted by Crippen LogP contribution is 2.22. The van der Waals surface area contributed by atoms with Crippen LogP contribution in [0.5, 0.6) is 0 Å². The van der Waals surface area contributed by atoms with Gasteiger partial charge in [-0.2, -0.15) is 0 Å². The van der Waals surface area contributed by atoms with E-state index >= 15 is 0 Å². The Balaban J connectivity index is 3.29. The second-order valence-corrected chi connectivity index (χ2v) is 11.4. The molecule has 0 aliphatic rings. The molecule has 1 aromatic rings. The van der Waals surface area contributed by atoms with Crippen molar-refractivity contribution < 1.29 is 4.79 Å². The number of rotatable bonds is 3. The van der Waals surface area contributed by atoms with Gasteiger partial charge in [-0.1, -0.05) is 41.5 Å². The smallest absolute Gasteiger partial charge is 0.250 e. The molecular formula is C14H23N3OSi2. The highest BCUT2D eigenvalue weighted by molar-refractivity contribution is 6.60. The molecule has 20 heavy (non-hydrogen) atoms. The van der Waals surface area contributed by atoms with Crippen LogP contribution in [0.1, 0.15) is 51.9 Å². The molecule has 4 N–H and O–H groups in total. The molecule has 1 amide bonds. The fourth-order valence-corrected chi connectivity index (χ4v) is 4.10. The van der Waals surface area contributed by atoms with Crippen molar-refractivity contribution in [1.82, 2.24) is 4.98 Å². The lowest BCUT2D eigenvalue weighted by Crippen LogP contribution is -2.39. The van der Waals surface area contributed by atoms with Gasteiger partial charge in [0.2, 0.25) is 5.91 Å². The Morgan fingerprint density at radius 1 is 1.10 bits per heavy atom. The van der Waals surface area contributed by atoms with Gasteiger partial charge in [-0.15, -0.1) is 0 Å². The minimum Gasteiger partial charge on any atom is -0.384 e. The molecule has 0 unspecified atom stereocenters. The SMILES string of the molecule is CC(C)(C)[Si]c1cc(C(N)=O)c([Si]C(C)(C)C)nc1N. The molecule has 0 aliphatic heterocycles. The topological polar surface area (TPSA) is 82.0 Å². The summed E-state index contributed by atoms with van der Waals surface area (Å²) in [6.07, 6.45) is 0. The van der Waals surface area contributed by atoms with E-state index in [0.717, 1.165) is 10.5 Å². The van der Waals surface area contributed by atoms with Gasteiger partial charge in [-0.3, -0.25) is 4.79 Å². The highest BCUT2D eigenvalue weighted by Gasteiger charge is 2.23. The van der Waals surface area contributed by atoms with Gasteiger partial charge in [0.1, 0.15) is 15.3 Å². The fraction of sp³-hybridized carbons (Fsp3) is 0.571. The average Bonchev–Trinajstić information content (AvgIpc) is 2.17. The summed E-state index contributed by atoms with van der Waals surface area (Å²) in [6.45, 7) is 12.7. The number of carbonyl (C=O) groups excluding carboxylic acids is 1. The molecule has 0 atom stereocenters. The van der Waals surface area contributed by atoms with E-state index < -0.39 is 5.91 Å². The molecule has 108 valence electrons. The van der Waals surface area contributed by atoms with E-state index in [1.54, 1.807) is 0 Å². The molecule has 0 fully saturated rings. The van der Waals surface area contributed by atoms with Crippen LogP contribution in [-0.2, 0) is 0 Å². The Bertz CT molecular complexity index is 516. The first kappa shape index (κ1) is 16.9. The molecule has 0 bridgehead atoms. The van der Waals surface area contributed by atoms with Crippen LogP contribution in [0.2, 0.25) is 10.1 Å². The number of primary amides is 1. The lowest BCUT2D eigenvalue weighted by Gasteiger charge is -2.21. The number of hydrogen-bond donors (Lipinski definition) is 2. The molecular weight excluding hydrogens is 282 g/mol. The zero-order chi connectivity index (χ0) is 15.7. The number of pyridine rings is 1. The summed E-state index contributed by atoms with van der Waals surface area (Å²) < 4.78 is 0. The van der Waals surface area contributed by atoms with Gasteiger partial charge in [0.05, 0.1) is 15.1 Å². The Labute approximate surface area is 126 Å². The van der Waals surface area contributed by atoms with E-state index in [4.69, 9.17) is 11.5 Å². The zero-order valence-electron chi connectivity index (χ0n) is 13.1. The molecule has 0 saturated carbocycles. The van der Waals surface area contributed by atoms with Crippen molar-refractivity contribution in [2.45, 2.75) is 51.6 Å². The van der Waals surface area contributed by atoms with Gasteiger partial charge in [0.15, 0.2) is 0 Å². The van der Waals surface area contributed by atoms with Crippen molar-refractivity contribution in [3.63, 3.8) is 0 Å². The summed E-state index contributed by atoms with van der Waals surface area (Å²) in [5.74, 6) is 0.0965. The van der Waals surface area contributed by atoms with Crippen molar-refractivity contribution in [1.29, 1.82) is 0 Å². The average molecular weight is 306 g/mol. The maximum Gasteiger partial charge on any atom is 0.250 e. The van der Waals surface area contributed by atoms with Crippen LogP contribution in [0.15, 0.2) is 6.07 Å². The number of nitrogens with zero attached hydrogens (tertiary/aromatic N) is 1. The summed E-state index contributed by atoms with van der Waals surface area (Å²) in [6, 6.07) is 1.84. The van der Waals surface area contributed by atoms with Crippen LogP contribution in [0, 0.1) is 0 Å². The van der Waals surface area contributed by atoms with Crippen LogP contribution in [0.3, 0.4) is 0 Å². The number of anilines is 1. The van der Waals surface area contributed by atoms with E-state index in [1.165, 1.54) is 0 Å². The summed E-state index contributed by atoms with van der Waals surface area (Å²) >= 11 is 0. The van der Waals surface area contributed by atoms with E-state index in [-0.39, 0.29) is 10.1 Å². The van der Waals surface area contributed by atoms with Crippen LogP contribution in [-0.4, -0.2) is 29.9 Å². The number of amides is 1. The van der Waals surface area contributed by atoms with Crippen LogP contribution in [0.25, 0.3) is 0 Å². The summed E-state index contributed by atoms with van der Waals surface area (Å²) in [7, 11) is 0.891. The summed E-state index contributed by atoms with van der Waals surface area (Å²) in [5.41, 5.74) is 12.1. The third-order valence-electron chi connectivity index (χ3n) is 2.32. The maximum atomic E-state index is 11.7. The number of aromatic nitrogens is 1.